The van der Waals surface area contributed by atoms with E-state index in [1.165, 1.54) is 12.8 Å². The molecule has 0 aromatic heterocycles. The van der Waals surface area contributed by atoms with E-state index in [1.54, 1.807) is 0 Å². The summed E-state index contributed by atoms with van der Waals surface area (Å²) in [6, 6.07) is 0.803. The van der Waals surface area contributed by atoms with Gasteiger partial charge in [0.1, 0.15) is 0 Å². The average molecular weight is 158 g/mol. The number of aliphatic hydroxyl groups is 1. The lowest BCUT2D eigenvalue weighted by molar-refractivity contribution is 0.221. The molecular weight excluding hydrogens is 140 g/mol. The van der Waals surface area contributed by atoms with E-state index in [1.807, 2.05) is 7.05 Å². The summed E-state index contributed by atoms with van der Waals surface area (Å²) in [7, 11) is 2.03. The van der Waals surface area contributed by atoms with Crippen LogP contribution in [0.15, 0.2) is 0 Å². The Bertz CT molecular complexity index is 104. The zero-order valence-electron chi connectivity index (χ0n) is 7.21. The first kappa shape index (κ1) is 8.97. The van der Waals surface area contributed by atoms with Crippen LogP contribution in [0.25, 0.3) is 0 Å². The first-order chi connectivity index (χ1) is 5.33. The summed E-state index contributed by atoms with van der Waals surface area (Å²) in [4.78, 5) is 2.13. The number of hydrogen-bond acceptors (Lipinski definition) is 3. The van der Waals surface area contributed by atoms with Gasteiger partial charge in [-0.1, -0.05) is 0 Å². The van der Waals surface area contributed by atoms with Crippen molar-refractivity contribution in [1.29, 1.82) is 0 Å². The van der Waals surface area contributed by atoms with Gasteiger partial charge in [-0.25, -0.2) is 0 Å². The number of aliphatic hydroxyl groups excluding tert-OH is 1. The molecule has 0 unspecified atom stereocenters. The third-order valence-electron chi connectivity index (χ3n) is 1.99. The molecular formula is C8H18N2O. The maximum Gasteiger partial charge on any atom is 0.0558 e. The maximum atomic E-state index is 8.60. The highest BCUT2D eigenvalue weighted by molar-refractivity contribution is 4.80. The van der Waals surface area contributed by atoms with Crippen LogP contribution in [0, 0.1) is 0 Å². The van der Waals surface area contributed by atoms with Crippen molar-refractivity contribution >= 4 is 0 Å². The van der Waals surface area contributed by atoms with Gasteiger partial charge in [0.2, 0.25) is 0 Å². The number of rotatable bonds is 6. The molecule has 66 valence electrons. The molecule has 1 fully saturated rings. The van der Waals surface area contributed by atoms with Crippen molar-refractivity contribution in [3.05, 3.63) is 0 Å². The number of likely N-dealkylation sites (N-methyl/N-ethyl adjacent to an activating group) is 1. The Kier molecular flexibility index (Phi) is 3.83. The monoisotopic (exact) mass is 158 g/mol. The Morgan fingerprint density at radius 1 is 1.45 bits per heavy atom. The molecule has 0 saturated heterocycles. The van der Waals surface area contributed by atoms with Crippen molar-refractivity contribution in [3.63, 3.8) is 0 Å². The van der Waals surface area contributed by atoms with Crippen molar-refractivity contribution < 1.29 is 5.11 Å². The summed E-state index contributed by atoms with van der Waals surface area (Å²) >= 11 is 0. The second kappa shape index (κ2) is 4.70. The van der Waals surface area contributed by atoms with Crippen LogP contribution in [0.3, 0.4) is 0 Å². The minimum Gasteiger partial charge on any atom is -0.395 e. The molecule has 0 heterocycles. The van der Waals surface area contributed by atoms with Crippen molar-refractivity contribution in [3.8, 4) is 0 Å². The molecule has 2 N–H and O–H groups in total. The summed E-state index contributed by atoms with van der Waals surface area (Å²) in [5, 5.41) is 12.0. The minimum absolute atomic E-state index is 0.264. The zero-order valence-corrected chi connectivity index (χ0v) is 7.21. The van der Waals surface area contributed by atoms with Gasteiger partial charge in [-0.3, -0.25) is 0 Å². The van der Waals surface area contributed by atoms with Crippen LogP contribution < -0.4 is 5.32 Å². The zero-order chi connectivity index (χ0) is 8.10. The fraction of sp³-hybridized carbons (Fsp3) is 1.00. The van der Waals surface area contributed by atoms with Gasteiger partial charge in [0.05, 0.1) is 6.61 Å². The molecule has 1 aliphatic carbocycles. The predicted octanol–water partition coefficient (Wildman–Crippen LogP) is -0.338. The molecule has 3 heteroatoms. The van der Waals surface area contributed by atoms with E-state index < -0.39 is 0 Å². The molecule has 1 saturated carbocycles. The van der Waals surface area contributed by atoms with Crippen LogP contribution in [-0.4, -0.2) is 49.3 Å². The Morgan fingerprint density at radius 2 is 2.18 bits per heavy atom. The van der Waals surface area contributed by atoms with E-state index in [2.05, 4.69) is 10.2 Å². The predicted molar refractivity (Wildman–Crippen MR) is 45.6 cm³/mol. The molecule has 3 nitrogen and oxygen atoms in total. The molecule has 0 aliphatic heterocycles. The van der Waals surface area contributed by atoms with Crippen LogP contribution in [0.2, 0.25) is 0 Å². The van der Waals surface area contributed by atoms with Crippen molar-refractivity contribution in [1.82, 2.24) is 10.2 Å². The second-order valence-electron chi connectivity index (χ2n) is 3.26. The summed E-state index contributed by atoms with van der Waals surface area (Å²) in [5.41, 5.74) is 0. The van der Waals surface area contributed by atoms with Gasteiger partial charge in [0, 0.05) is 25.7 Å². The van der Waals surface area contributed by atoms with Crippen molar-refractivity contribution in [2.45, 2.75) is 18.9 Å². The molecule has 0 radical (unpaired) electrons. The highest BCUT2D eigenvalue weighted by Gasteiger charge is 2.19. The SMILES string of the molecule is CN(CCO)CCNC1CC1. The molecule has 11 heavy (non-hydrogen) atoms. The Balaban J connectivity index is 1.84. The molecule has 0 amide bonds. The van der Waals surface area contributed by atoms with E-state index >= 15 is 0 Å². The van der Waals surface area contributed by atoms with Crippen LogP contribution in [0.1, 0.15) is 12.8 Å². The van der Waals surface area contributed by atoms with Crippen LogP contribution >= 0.6 is 0 Å². The number of nitrogens with one attached hydrogen (secondary N) is 1. The molecule has 0 aromatic carbocycles. The van der Waals surface area contributed by atoms with E-state index in [0.29, 0.717) is 0 Å². The standard InChI is InChI=1S/C8H18N2O/c1-10(6-7-11)5-4-9-8-2-3-8/h8-9,11H,2-7H2,1H3. The fourth-order valence-corrected chi connectivity index (χ4v) is 1.03. The lowest BCUT2D eigenvalue weighted by Crippen LogP contribution is -2.31. The molecule has 0 aromatic rings. The van der Waals surface area contributed by atoms with E-state index in [4.69, 9.17) is 5.11 Å². The molecule has 1 rings (SSSR count). The molecule has 1 aliphatic rings. The van der Waals surface area contributed by atoms with Crippen molar-refractivity contribution in [2.75, 3.05) is 33.3 Å². The maximum absolute atomic E-state index is 8.60. The summed E-state index contributed by atoms with van der Waals surface area (Å²) in [6.07, 6.45) is 2.70. The van der Waals surface area contributed by atoms with Gasteiger partial charge in [0.15, 0.2) is 0 Å². The van der Waals surface area contributed by atoms with Gasteiger partial charge in [-0.05, 0) is 19.9 Å². The second-order valence-corrected chi connectivity index (χ2v) is 3.26. The summed E-state index contributed by atoms with van der Waals surface area (Å²) < 4.78 is 0. The molecule has 0 spiro atoms. The molecule has 0 atom stereocenters. The largest absolute Gasteiger partial charge is 0.395 e. The highest BCUT2D eigenvalue weighted by Crippen LogP contribution is 2.17. The lowest BCUT2D eigenvalue weighted by Gasteiger charge is -2.14. The van der Waals surface area contributed by atoms with Crippen LogP contribution in [0.5, 0.6) is 0 Å². The molecule has 0 bridgehead atoms. The number of nitrogens with zero attached hydrogens (tertiary/aromatic N) is 1. The highest BCUT2D eigenvalue weighted by atomic mass is 16.3. The summed E-state index contributed by atoms with van der Waals surface area (Å²) in [5.74, 6) is 0. The average Bonchev–Trinajstić information content (AvgIpc) is 2.72. The van der Waals surface area contributed by atoms with E-state index in [9.17, 15) is 0 Å². The van der Waals surface area contributed by atoms with Gasteiger partial charge < -0.3 is 15.3 Å². The Hall–Kier alpha value is -0.120. The van der Waals surface area contributed by atoms with E-state index in [-0.39, 0.29) is 6.61 Å². The fourth-order valence-electron chi connectivity index (χ4n) is 1.03. The lowest BCUT2D eigenvalue weighted by atomic mass is 10.5. The number of hydrogen-bond donors (Lipinski definition) is 2. The van der Waals surface area contributed by atoms with E-state index in [0.717, 1.165) is 25.7 Å². The summed E-state index contributed by atoms with van der Waals surface area (Å²) in [6.45, 7) is 3.14. The topological polar surface area (TPSA) is 35.5 Å². The minimum atomic E-state index is 0.264. The third-order valence-corrected chi connectivity index (χ3v) is 1.99. The van der Waals surface area contributed by atoms with Gasteiger partial charge in [-0.15, -0.1) is 0 Å². The van der Waals surface area contributed by atoms with Gasteiger partial charge in [-0.2, -0.15) is 0 Å². The first-order valence-electron chi connectivity index (χ1n) is 4.35. The third kappa shape index (κ3) is 4.35. The smallest absolute Gasteiger partial charge is 0.0558 e. The van der Waals surface area contributed by atoms with Gasteiger partial charge >= 0.3 is 0 Å². The van der Waals surface area contributed by atoms with Crippen molar-refractivity contribution in [2.24, 2.45) is 0 Å². The van der Waals surface area contributed by atoms with Gasteiger partial charge in [0.25, 0.3) is 0 Å². The Labute approximate surface area is 68.4 Å². The normalized spacial score (nSPS) is 17.7. The Morgan fingerprint density at radius 3 is 2.73 bits per heavy atom. The first-order valence-corrected chi connectivity index (χ1v) is 4.35. The van der Waals surface area contributed by atoms with Crippen LogP contribution in [0.4, 0.5) is 0 Å². The quantitative estimate of drug-likeness (QED) is 0.555. The van der Waals surface area contributed by atoms with Crippen LogP contribution in [-0.2, 0) is 0 Å².